The summed E-state index contributed by atoms with van der Waals surface area (Å²) in [6.07, 6.45) is 0. The van der Waals surface area contributed by atoms with Gasteiger partial charge in [-0.2, -0.15) is 5.10 Å². The van der Waals surface area contributed by atoms with E-state index in [0.717, 1.165) is 10.4 Å². The maximum Gasteiger partial charge on any atom is 0.267 e. The van der Waals surface area contributed by atoms with Gasteiger partial charge in [0.25, 0.3) is 5.56 Å². The van der Waals surface area contributed by atoms with E-state index in [9.17, 15) is 14.4 Å². The summed E-state index contributed by atoms with van der Waals surface area (Å²) < 4.78 is 1.43. The molecule has 3 rings (SSSR count). The number of aromatic nitrogens is 3. The van der Waals surface area contributed by atoms with Crippen molar-refractivity contribution in [1.82, 2.24) is 25.4 Å². The van der Waals surface area contributed by atoms with Gasteiger partial charge in [0.2, 0.25) is 11.8 Å². The highest BCUT2D eigenvalue weighted by atomic mass is 35.5. The Labute approximate surface area is 202 Å². The van der Waals surface area contributed by atoms with E-state index in [-0.39, 0.29) is 42.4 Å². The fraction of sp³-hybridized carbons (Fsp3) is 0.318. The third-order valence-corrected chi connectivity index (χ3v) is 5.42. The van der Waals surface area contributed by atoms with E-state index in [1.54, 1.807) is 6.07 Å². The smallest absolute Gasteiger partial charge is 0.267 e. The number of halogens is 1. The van der Waals surface area contributed by atoms with Crippen molar-refractivity contribution in [3.8, 4) is 21.8 Å². The number of nitrogens with zero attached hydrogens (tertiary/aromatic N) is 3. The molecule has 0 bridgehead atoms. The van der Waals surface area contributed by atoms with Gasteiger partial charge in [0.15, 0.2) is 5.13 Å². The van der Waals surface area contributed by atoms with Crippen LogP contribution in [-0.2, 0) is 9.59 Å². The molecule has 0 aliphatic heterocycles. The fourth-order valence-corrected chi connectivity index (χ4v) is 3.92. The van der Waals surface area contributed by atoms with E-state index in [2.05, 4.69) is 26.0 Å². The number of benzene rings is 1. The van der Waals surface area contributed by atoms with Gasteiger partial charge in [0.05, 0.1) is 23.2 Å². The van der Waals surface area contributed by atoms with Crippen molar-refractivity contribution in [2.45, 2.75) is 26.8 Å². The first-order valence-electron chi connectivity index (χ1n) is 10.3. The minimum absolute atomic E-state index is 0. The molecule has 2 heterocycles. The number of amides is 2. The summed E-state index contributed by atoms with van der Waals surface area (Å²) in [5, 5.41) is 13.4. The van der Waals surface area contributed by atoms with Crippen molar-refractivity contribution >= 4 is 40.7 Å². The van der Waals surface area contributed by atoms with E-state index in [1.165, 1.54) is 29.0 Å². The van der Waals surface area contributed by atoms with Gasteiger partial charge in [-0.25, -0.2) is 9.67 Å². The van der Waals surface area contributed by atoms with Gasteiger partial charge in [-0.15, -0.1) is 12.4 Å². The van der Waals surface area contributed by atoms with Crippen molar-refractivity contribution in [3.05, 3.63) is 52.8 Å². The first-order valence-corrected chi connectivity index (χ1v) is 11.1. The van der Waals surface area contributed by atoms with Crippen LogP contribution in [0.25, 0.3) is 21.8 Å². The zero-order chi connectivity index (χ0) is 23.1. The maximum atomic E-state index is 12.3. The standard InChI is InChI=1S/C22H26N6O3S.ClH/c1-14(2)28-19(31)10-9-17(27-28)21-20(16-7-5-4-6-8-16)26-22(32-21)25-18(30)13-23-11-12-24-15(3)29;/h4-10,14,23H,11-13H2,1-3H3,(H,24,29)(H,25,26,30);1H. The van der Waals surface area contributed by atoms with Crippen molar-refractivity contribution in [3.63, 3.8) is 0 Å². The van der Waals surface area contributed by atoms with Crippen LogP contribution in [0.1, 0.15) is 26.8 Å². The maximum absolute atomic E-state index is 12.3. The lowest BCUT2D eigenvalue weighted by atomic mass is 10.1. The Kier molecular flexibility index (Phi) is 9.71. The largest absolute Gasteiger partial charge is 0.355 e. The van der Waals surface area contributed by atoms with Crippen LogP contribution in [0.4, 0.5) is 5.13 Å². The molecule has 0 aliphatic carbocycles. The molecule has 2 aromatic heterocycles. The molecular formula is C22H27ClN6O3S. The normalized spacial score (nSPS) is 10.5. The van der Waals surface area contributed by atoms with Gasteiger partial charge in [0.1, 0.15) is 5.69 Å². The van der Waals surface area contributed by atoms with Crippen molar-refractivity contribution < 1.29 is 9.59 Å². The Morgan fingerprint density at radius 3 is 2.48 bits per heavy atom. The minimum atomic E-state index is -0.243. The SMILES string of the molecule is CC(=O)NCCNCC(=O)Nc1nc(-c2ccccc2)c(-c2ccc(=O)n(C(C)C)n2)s1.Cl. The van der Waals surface area contributed by atoms with Gasteiger partial charge in [0, 0.05) is 31.6 Å². The van der Waals surface area contributed by atoms with Gasteiger partial charge in [-0.05, 0) is 19.9 Å². The molecule has 0 spiro atoms. The van der Waals surface area contributed by atoms with E-state index >= 15 is 0 Å². The zero-order valence-corrected chi connectivity index (χ0v) is 20.3. The molecule has 0 aliphatic rings. The first kappa shape index (κ1) is 26.2. The summed E-state index contributed by atoms with van der Waals surface area (Å²) in [5.74, 6) is -0.356. The monoisotopic (exact) mass is 490 g/mol. The number of rotatable bonds is 9. The third-order valence-electron chi connectivity index (χ3n) is 4.43. The molecule has 9 nitrogen and oxygen atoms in total. The minimum Gasteiger partial charge on any atom is -0.355 e. The lowest BCUT2D eigenvalue weighted by Crippen LogP contribution is -2.34. The van der Waals surface area contributed by atoms with E-state index in [4.69, 9.17) is 0 Å². The van der Waals surface area contributed by atoms with Crippen LogP contribution < -0.4 is 21.5 Å². The van der Waals surface area contributed by atoms with Crippen molar-refractivity contribution in [1.29, 1.82) is 0 Å². The van der Waals surface area contributed by atoms with Crippen LogP contribution in [0.2, 0.25) is 0 Å². The van der Waals surface area contributed by atoms with Crippen LogP contribution in [-0.4, -0.2) is 46.2 Å². The number of anilines is 1. The Balaban J connectivity index is 0.00000385. The molecule has 0 unspecified atom stereocenters. The molecule has 3 aromatic rings. The Morgan fingerprint density at radius 2 is 1.82 bits per heavy atom. The molecular weight excluding hydrogens is 464 g/mol. The molecule has 0 saturated carbocycles. The Bertz CT molecular complexity index is 1150. The molecule has 0 radical (unpaired) electrons. The number of carbonyl (C=O) groups is 2. The quantitative estimate of drug-likeness (QED) is 0.397. The van der Waals surface area contributed by atoms with Crippen molar-refractivity contribution in [2.24, 2.45) is 0 Å². The number of carbonyl (C=O) groups excluding carboxylic acids is 2. The highest BCUT2D eigenvalue weighted by molar-refractivity contribution is 7.19. The topological polar surface area (TPSA) is 118 Å². The van der Waals surface area contributed by atoms with Gasteiger partial charge in [-0.1, -0.05) is 41.7 Å². The summed E-state index contributed by atoms with van der Waals surface area (Å²) >= 11 is 1.30. The highest BCUT2D eigenvalue weighted by Gasteiger charge is 2.18. The second kappa shape index (κ2) is 12.2. The number of thiazole rings is 1. The lowest BCUT2D eigenvalue weighted by molar-refractivity contribution is -0.118. The van der Waals surface area contributed by atoms with Gasteiger partial charge in [-0.3, -0.25) is 14.4 Å². The number of hydrogen-bond donors (Lipinski definition) is 3. The fourth-order valence-electron chi connectivity index (χ4n) is 2.95. The number of hydrogen-bond acceptors (Lipinski definition) is 7. The van der Waals surface area contributed by atoms with Crippen LogP contribution in [0.15, 0.2) is 47.3 Å². The molecule has 0 saturated heterocycles. The molecule has 0 atom stereocenters. The molecule has 11 heteroatoms. The summed E-state index contributed by atoms with van der Waals surface area (Å²) in [6.45, 7) is 6.25. The summed E-state index contributed by atoms with van der Waals surface area (Å²) in [7, 11) is 0. The molecule has 176 valence electrons. The summed E-state index contributed by atoms with van der Waals surface area (Å²) in [6, 6.07) is 12.7. The van der Waals surface area contributed by atoms with Crippen LogP contribution in [0.5, 0.6) is 0 Å². The predicted octanol–water partition coefficient (Wildman–Crippen LogP) is 2.70. The van der Waals surface area contributed by atoms with E-state index < -0.39 is 0 Å². The zero-order valence-electron chi connectivity index (χ0n) is 18.6. The molecule has 2 amide bonds. The van der Waals surface area contributed by atoms with Gasteiger partial charge < -0.3 is 16.0 Å². The predicted molar refractivity (Wildman–Crippen MR) is 133 cm³/mol. The van der Waals surface area contributed by atoms with E-state index in [1.807, 2.05) is 44.2 Å². The van der Waals surface area contributed by atoms with Gasteiger partial charge >= 0.3 is 0 Å². The summed E-state index contributed by atoms with van der Waals surface area (Å²) in [4.78, 5) is 40.7. The summed E-state index contributed by atoms with van der Waals surface area (Å²) in [5.41, 5.74) is 2.01. The second-order valence-corrected chi connectivity index (χ2v) is 8.36. The van der Waals surface area contributed by atoms with Crippen LogP contribution in [0, 0.1) is 0 Å². The third kappa shape index (κ3) is 7.21. The lowest BCUT2D eigenvalue weighted by Gasteiger charge is -2.09. The second-order valence-electron chi connectivity index (χ2n) is 7.37. The van der Waals surface area contributed by atoms with E-state index in [0.29, 0.717) is 29.6 Å². The molecule has 1 aromatic carbocycles. The average Bonchev–Trinajstić information content (AvgIpc) is 3.17. The number of nitrogens with one attached hydrogen (secondary N) is 3. The highest BCUT2D eigenvalue weighted by Crippen LogP contribution is 2.37. The van der Waals surface area contributed by atoms with Crippen molar-refractivity contribution in [2.75, 3.05) is 25.0 Å². The molecule has 3 N–H and O–H groups in total. The first-order chi connectivity index (χ1) is 15.3. The Morgan fingerprint density at radius 1 is 1.09 bits per heavy atom. The van der Waals surface area contributed by atoms with Crippen LogP contribution in [0.3, 0.4) is 0 Å². The average molecular weight is 491 g/mol. The van der Waals surface area contributed by atoms with Crippen LogP contribution >= 0.6 is 23.7 Å². The Hall–Kier alpha value is -3.08. The molecule has 33 heavy (non-hydrogen) atoms. The molecule has 0 fully saturated rings.